The zero-order valence-corrected chi connectivity index (χ0v) is 18.2. The minimum atomic E-state index is -2.54. The number of fused-ring (bicyclic) bond motifs is 6. The van der Waals surface area contributed by atoms with Gasteiger partial charge in [0.05, 0.1) is 19.8 Å². The van der Waals surface area contributed by atoms with Crippen molar-refractivity contribution in [2.75, 3.05) is 39.5 Å². The molecule has 0 radical (unpaired) electrons. The zero-order valence-electron chi connectivity index (χ0n) is 14.6. The zero-order chi connectivity index (χ0) is 17.2. The van der Waals surface area contributed by atoms with Crippen LogP contribution in [0.25, 0.3) is 0 Å². The smallest absolute Gasteiger partial charge is 0.372 e. The van der Waals surface area contributed by atoms with Gasteiger partial charge in [-0.2, -0.15) is 22.7 Å². The summed E-state index contributed by atoms with van der Waals surface area (Å²) in [7, 11) is -4.30. The molecule has 136 valence electrons. The maximum Gasteiger partial charge on any atom is 0.500 e. The van der Waals surface area contributed by atoms with Gasteiger partial charge >= 0.3 is 8.80 Å². The molecule has 8 heteroatoms. The minimum absolute atomic E-state index is 0.739. The van der Waals surface area contributed by atoms with Crippen LogP contribution in [-0.2, 0) is 13.3 Å². The second-order valence-corrected chi connectivity index (χ2v) is 16.5. The lowest BCUT2D eigenvalue weighted by atomic mass is 10.4. The van der Waals surface area contributed by atoms with Crippen molar-refractivity contribution in [1.29, 1.82) is 0 Å². The van der Waals surface area contributed by atoms with Crippen LogP contribution in [0.3, 0.4) is 0 Å². The molecule has 0 atom stereocenters. The van der Waals surface area contributed by atoms with E-state index in [0.29, 0.717) is 0 Å². The van der Waals surface area contributed by atoms with E-state index < -0.39 is 16.9 Å². The van der Waals surface area contributed by atoms with E-state index in [0.717, 1.165) is 51.5 Å². The standard InChI is InChI=1S/C17H25NO3S2Si2/c1-24(16-4-2-12-22-16,17-5-3-13-23-17)14-15-25-19-9-6-18(7-10-20-25)8-11-21-25/h2-5,12-13H,6-11,14-15H2,1H3. The van der Waals surface area contributed by atoms with Crippen molar-refractivity contribution in [2.45, 2.75) is 18.6 Å². The first kappa shape index (κ1) is 18.1. The third kappa shape index (κ3) is 3.86. The molecule has 2 aromatic heterocycles. The van der Waals surface area contributed by atoms with Crippen LogP contribution < -0.4 is 9.00 Å². The highest BCUT2D eigenvalue weighted by molar-refractivity contribution is 7.36. The van der Waals surface area contributed by atoms with Crippen LogP contribution >= 0.6 is 22.7 Å². The molecule has 2 aromatic rings. The van der Waals surface area contributed by atoms with Gasteiger partial charge in [0.15, 0.2) is 0 Å². The Labute approximate surface area is 159 Å². The van der Waals surface area contributed by atoms with Crippen LogP contribution in [0.1, 0.15) is 0 Å². The normalized spacial score (nSPS) is 27.6. The van der Waals surface area contributed by atoms with E-state index in [4.69, 9.17) is 13.3 Å². The first-order valence-electron chi connectivity index (χ1n) is 8.92. The molecule has 3 fully saturated rings. The molecule has 0 spiro atoms. The van der Waals surface area contributed by atoms with Gasteiger partial charge in [-0.25, -0.2) is 0 Å². The predicted octanol–water partition coefficient (Wildman–Crippen LogP) is 2.32. The lowest BCUT2D eigenvalue weighted by Gasteiger charge is -2.39. The molecule has 0 aliphatic carbocycles. The maximum atomic E-state index is 6.25. The van der Waals surface area contributed by atoms with Crippen molar-refractivity contribution in [3.8, 4) is 0 Å². The van der Waals surface area contributed by atoms with Gasteiger partial charge in [0.1, 0.15) is 8.07 Å². The fraction of sp³-hybridized carbons (Fsp3) is 0.529. The second-order valence-electron chi connectivity index (χ2n) is 6.86. The van der Waals surface area contributed by atoms with Crippen LogP contribution in [0.4, 0.5) is 0 Å². The molecular formula is C17H25NO3S2Si2. The SMILES string of the molecule is C[Si](CC[Si]12OCCN(CCO1)CCO2)(c1cccs1)c1cccs1. The van der Waals surface area contributed by atoms with E-state index in [-0.39, 0.29) is 0 Å². The van der Waals surface area contributed by atoms with Crippen molar-refractivity contribution in [3.63, 3.8) is 0 Å². The lowest BCUT2D eigenvalue weighted by Crippen LogP contribution is -2.58. The Morgan fingerprint density at radius 2 is 1.48 bits per heavy atom. The lowest BCUT2D eigenvalue weighted by molar-refractivity contribution is -0.00752. The molecule has 0 N–H and O–H groups in total. The maximum absolute atomic E-state index is 6.25. The van der Waals surface area contributed by atoms with Crippen molar-refractivity contribution < 1.29 is 13.3 Å². The van der Waals surface area contributed by atoms with Gasteiger partial charge in [-0.1, -0.05) is 30.8 Å². The fourth-order valence-electron chi connectivity index (χ4n) is 3.62. The average molecular weight is 412 g/mol. The molecule has 0 aromatic carbocycles. The molecule has 25 heavy (non-hydrogen) atoms. The van der Waals surface area contributed by atoms with Crippen LogP contribution in [0.2, 0.25) is 18.6 Å². The monoisotopic (exact) mass is 411 g/mol. The summed E-state index contributed by atoms with van der Waals surface area (Å²) in [5.74, 6) is 0. The Morgan fingerprint density at radius 1 is 0.960 bits per heavy atom. The Balaban J connectivity index is 1.56. The van der Waals surface area contributed by atoms with E-state index in [2.05, 4.69) is 46.5 Å². The summed E-state index contributed by atoms with van der Waals surface area (Å²) in [5.41, 5.74) is 0. The first-order chi connectivity index (χ1) is 12.2. The molecule has 0 unspecified atom stereocenters. The summed E-state index contributed by atoms with van der Waals surface area (Å²) in [6.45, 7) is 7.72. The van der Waals surface area contributed by atoms with Gasteiger partial charge < -0.3 is 13.3 Å². The molecule has 5 rings (SSSR count). The third-order valence-electron chi connectivity index (χ3n) is 5.25. The fourth-order valence-corrected chi connectivity index (χ4v) is 15.3. The Morgan fingerprint density at radius 3 is 1.92 bits per heavy atom. The van der Waals surface area contributed by atoms with Gasteiger partial charge in [-0.15, -0.1) is 0 Å². The highest BCUT2D eigenvalue weighted by Crippen LogP contribution is 2.27. The highest BCUT2D eigenvalue weighted by atomic mass is 32.1. The highest BCUT2D eigenvalue weighted by Gasteiger charge is 2.47. The van der Waals surface area contributed by atoms with Gasteiger partial charge in [-0.05, 0) is 25.8 Å². The molecule has 0 amide bonds. The number of rotatable bonds is 5. The summed E-state index contributed by atoms with van der Waals surface area (Å²) in [6, 6.07) is 11.0. The summed E-state index contributed by atoms with van der Waals surface area (Å²) >= 11 is 3.79. The average Bonchev–Trinajstić information content (AvgIpc) is 3.26. The molecule has 0 saturated carbocycles. The molecule has 3 saturated heterocycles. The number of nitrogens with zero attached hydrogens (tertiary/aromatic N) is 1. The summed E-state index contributed by atoms with van der Waals surface area (Å²) < 4.78 is 21.8. The van der Waals surface area contributed by atoms with Crippen LogP contribution in [-0.4, -0.2) is 61.2 Å². The molecule has 3 aliphatic heterocycles. The van der Waals surface area contributed by atoms with Gasteiger partial charge in [-0.3, -0.25) is 4.90 Å². The van der Waals surface area contributed by atoms with E-state index >= 15 is 0 Å². The topological polar surface area (TPSA) is 30.9 Å². The van der Waals surface area contributed by atoms with Crippen molar-refractivity contribution >= 4 is 48.6 Å². The van der Waals surface area contributed by atoms with E-state index in [9.17, 15) is 0 Å². The predicted molar refractivity (Wildman–Crippen MR) is 109 cm³/mol. The van der Waals surface area contributed by atoms with Gasteiger partial charge in [0.25, 0.3) is 0 Å². The van der Waals surface area contributed by atoms with Crippen molar-refractivity contribution in [2.24, 2.45) is 0 Å². The van der Waals surface area contributed by atoms with E-state index in [1.807, 2.05) is 22.7 Å². The van der Waals surface area contributed by atoms with E-state index in [1.54, 1.807) is 9.00 Å². The van der Waals surface area contributed by atoms with Crippen LogP contribution in [0, 0.1) is 0 Å². The van der Waals surface area contributed by atoms with Gasteiger partial charge in [0, 0.05) is 25.7 Å². The van der Waals surface area contributed by atoms with Crippen molar-refractivity contribution in [3.05, 3.63) is 35.0 Å². The molecule has 5 heterocycles. The molecular weight excluding hydrogens is 386 g/mol. The first-order valence-corrected chi connectivity index (χ1v) is 15.3. The van der Waals surface area contributed by atoms with Gasteiger partial charge in [0.2, 0.25) is 0 Å². The summed E-state index contributed by atoms with van der Waals surface area (Å²) in [5, 5.41) is 4.40. The Bertz CT molecular complexity index is 605. The quantitative estimate of drug-likeness (QED) is 0.707. The molecule has 4 nitrogen and oxygen atoms in total. The number of hydrogen-bond acceptors (Lipinski definition) is 6. The third-order valence-corrected chi connectivity index (χ3v) is 17.1. The second kappa shape index (κ2) is 7.73. The summed E-state index contributed by atoms with van der Waals surface area (Å²) in [4.78, 5) is 2.37. The number of thiophene rings is 2. The van der Waals surface area contributed by atoms with Crippen LogP contribution in [0.5, 0.6) is 0 Å². The Kier molecular flexibility index (Phi) is 5.58. The number of hydrogen-bond donors (Lipinski definition) is 0. The van der Waals surface area contributed by atoms with Crippen molar-refractivity contribution in [1.82, 2.24) is 4.90 Å². The van der Waals surface area contributed by atoms with Crippen LogP contribution in [0.15, 0.2) is 35.0 Å². The largest absolute Gasteiger partial charge is 0.500 e. The van der Waals surface area contributed by atoms with E-state index in [1.165, 1.54) is 0 Å². The Hall–Kier alpha value is -0.326. The molecule has 2 bridgehead atoms. The molecule has 3 aliphatic rings. The summed E-state index contributed by atoms with van der Waals surface area (Å²) in [6.07, 6.45) is 0. The minimum Gasteiger partial charge on any atom is -0.372 e.